The van der Waals surface area contributed by atoms with E-state index in [0.717, 1.165) is 0 Å². The third kappa shape index (κ3) is 24.7. The van der Waals surface area contributed by atoms with E-state index in [4.69, 9.17) is 85.3 Å². The lowest BCUT2D eigenvalue weighted by Gasteiger charge is -2.51. The Labute approximate surface area is 624 Å². The molecule has 15 rings (SSSR count). The van der Waals surface area contributed by atoms with Crippen molar-refractivity contribution in [1.82, 2.24) is 0 Å². The van der Waals surface area contributed by atoms with Crippen molar-refractivity contribution in [3.05, 3.63) is 0 Å². The van der Waals surface area contributed by atoms with Gasteiger partial charge in [-0.25, -0.2) is 0 Å². The summed E-state index contributed by atoms with van der Waals surface area (Å²) in [5.74, 6) is -3.15. The van der Waals surface area contributed by atoms with Gasteiger partial charge in [-0.15, -0.1) is 0 Å². The third-order valence-corrected chi connectivity index (χ3v) is 22.3. The summed E-state index contributed by atoms with van der Waals surface area (Å²) in [4.78, 5) is 0. The summed E-state index contributed by atoms with van der Waals surface area (Å²) in [6.45, 7) is -10.2. The van der Waals surface area contributed by atoms with Crippen LogP contribution in [0.2, 0.25) is 0 Å². The van der Waals surface area contributed by atoms with Gasteiger partial charge in [0.15, 0.2) is 44.0 Å². The van der Waals surface area contributed by atoms with Gasteiger partial charge in [-0.3, -0.25) is 18.2 Å². The zero-order valence-corrected chi connectivity index (χ0v) is 61.4. The lowest BCUT2D eigenvalue weighted by molar-refractivity contribution is -0.400. The van der Waals surface area contributed by atoms with Crippen molar-refractivity contribution in [3.8, 4) is 0 Å². The molecule has 0 aliphatic carbocycles. The fraction of sp³-hybridized carbons (Fsp3) is 1.00. The van der Waals surface area contributed by atoms with Crippen molar-refractivity contribution in [1.29, 1.82) is 0 Å². The van der Waals surface area contributed by atoms with Crippen LogP contribution in [0.15, 0.2) is 0 Å². The molecule has 0 saturated carbocycles. The van der Waals surface area contributed by atoms with Crippen LogP contribution in [0.4, 0.5) is 0 Å². The molecule has 51 heteroatoms. The Kier molecular flexibility index (Phi) is 35.4. The molecule has 0 aromatic carbocycles. The Balaban J connectivity index is 1.19. The third-order valence-electron chi connectivity index (χ3n) is 19.1. The average molecular weight is 1680 g/mol. The first-order chi connectivity index (χ1) is 51.4. The number of aliphatic hydroxyl groups is 17. The smallest absolute Gasteiger partial charge is 0.264 e. The van der Waals surface area contributed by atoms with E-state index < -0.39 is 351 Å². The normalized spacial score (nSPS) is 43.2. The number of hydrogen-bond acceptors (Lipinski definition) is 43. The van der Waals surface area contributed by atoms with Gasteiger partial charge in [0.25, 0.3) is 40.5 Å². The number of fused-ring (bicyclic) bond motifs is 7. The van der Waals surface area contributed by atoms with Gasteiger partial charge in [-0.05, 0) is 51.4 Å². The second-order valence-corrected chi connectivity index (χ2v) is 33.3. The molecule has 109 heavy (non-hydrogen) atoms. The van der Waals surface area contributed by atoms with Crippen LogP contribution in [0.25, 0.3) is 0 Å². The van der Waals surface area contributed by atoms with E-state index in [2.05, 4.69) is 0 Å². The molecule has 15 heterocycles. The second-order valence-electron chi connectivity index (χ2n) is 27.0. The Morgan fingerprint density at radius 3 is 0.532 bits per heavy atom. The van der Waals surface area contributed by atoms with Gasteiger partial charge >= 0.3 is 0 Å². The maximum absolute atomic E-state index is 12.4. The molecule has 0 aromatic rings. The minimum atomic E-state index is -4.55. The molecular weight excluding hydrogens is 1580 g/mol. The summed E-state index contributed by atoms with van der Waals surface area (Å²) >= 11 is 0. The second kappa shape index (κ2) is 41.6. The van der Waals surface area contributed by atoms with Crippen LogP contribution in [0, 0.1) is 0 Å². The molecule has 640 valence electrons. The van der Waals surface area contributed by atoms with E-state index in [-0.39, 0.29) is 51.4 Å². The summed E-state index contributed by atoms with van der Waals surface area (Å²) in [7, 11) is -18.2. The minimum absolute atomic E-state index is 0.204. The highest BCUT2D eigenvalue weighted by atomic mass is 32.2. The van der Waals surface area contributed by atoms with Gasteiger partial charge in [-0.2, -0.15) is 33.7 Å². The van der Waals surface area contributed by atoms with Crippen molar-refractivity contribution in [2.24, 2.45) is 0 Å². The summed E-state index contributed by atoms with van der Waals surface area (Å²) in [5.41, 5.74) is 0. The van der Waals surface area contributed by atoms with E-state index in [0.29, 0.717) is 0 Å². The van der Waals surface area contributed by atoms with Crippen molar-refractivity contribution in [2.75, 3.05) is 95.7 Å². The first-order valence-electron chi connectivity index (χ1n) is 34.9. The predicted molar refractivity (Wildman–Crippen MR) is 346 cm³/mol. The summed E-state index contributed by atoms with van der Waals surface area (Å²) in [6.07, 6.45) is -74.7. The lowest BCUT2D eigenvalue weighted by Crippen LogP contribution is -2.68. The highest BCUT2D eigenvalue weighted by molar-refractivity contribution is 7.86. The minimum Gasteiger partial charge on any atom is -0.394 e. The molecule has 0 spiro atoms. The fourth-order valence-corrected chi connectivity index (χ4v) is 15.8. The van der Waals surface area contributed by atoms with Crippen molar-refractivity contribution < 1.29 is 224 Å². The van der Waals surface area contributed by atoms with Crippen LogP contribution in [0.3, 0.4) is 0 Å². The maximum Gasteiger partial charge on any atom is 0.264 e. The van der Waals surface area contributed by atoms with Crippen LogP contribution in [-0.4, -0.2) is 449 Å². The van der Waals surface area contributed by atoms with E-state index in [1.165, 1.54) is 0 Å². The maximum atomic E-state index is 12.4. The Morgan fingerprint density at radius 1 is 0.211 bits per heavy atom. The largest absolute Gasteiger partial charge is 0.394 e. The number of unbranched alkanes of at least 4 members (excludes halogenated alkanes) is 4. The zero-order valence-electron chi connectivity index (χ0n) is 58.1. The molecule has 14 bridgehead atoms. The Hall–Kier alpha value is -1.76. The highest BCUT2D eigenvalue weighted by Gasteiger charge is 2.61. The first-order valence-corrected chi connectivity index (χ1v) is 41.3. The standard InChI is InChI=1S/C58H102O47S4/c59-17-24-41-31(66)34(69)52(92-24)99-44-27(20-62)95-56(48(37(44)72)88-9-1-5-13-106(76,77)78)103-42-25(18-60)93-54(35(70)32(42)67)101-46-29(22-64)97-58(50(39(46)74)90-11-3-7-15-108(82,83)84)105-47-30(23-65)98-57(51(40(47)75)91-12-4-8-16-109(85,86)87)104-43-26(19-61)94-53(36(71)33(43)68)100-45-28(21-63)96-55(102-41)49(38(45)73)89-10-2-6-14-107(79,80)81/h24-75H,1-23H2,(H,76,77,78)(H,79,80,81)(H,82,83,84)(H,85,86,87)/t24-,25-,26-,27-,28-,29-,30-,31-,32-,33-,34-,35-,36-,37+,38+,39+,40+,41-,42-,43-,44-,45-,46-,47-,48-,49-,50-,51-,52-,53-,54-,55-,56-,57-,58-/m1/s1. The average Bonchev–Trinajstić information content (AvgIpc) is 0.914. The molecular formula is C58H102O47S4. The Morgan fingerprint density at radius 2 is 0.367 bits per heavy atom. The van der Waals surface area contributed by atoms with Crippen LogP contribution in [0.1, 0.15) is 51.4 Å². The molecule has 0 amide bonds. The lowest BCUT2D eigenvalue weighted by atomic mass is 9.95. The van der Waals surface area contributed by atoms with Gasteiger partial charge in [0, 0.05) is 26.4 Å². The fourth-order valence-electron chi connectivity index (χ4n) is 13.5. The number of ether oxygens (including phenoxy) is 18. The molecule has 15 saturated heterocycles. The van der Waals surface area contributed by atoms with Gasteiger partial charge < -0.3 is 172 Å². The van der Waals surface area contributed by atoms with Crippen LogP contribution in [-0.2, 0) is 126 Å². The predicted octanol–water partition coefficient (Wildman–Crippen LogP) is -12.5. The first kappa shape index (κ1) is 92.7. The van der Waals surface area contributed by atoms with E-state index in [1.54, 1.807) is 0 Å². The van der Waals surface area contributed by atoms with Crippen molar-refractivity contribution >= 4 is 40.5 Å². The summed E-state index contributed by atoms with van der Waals surface area (Å²) in [6, 6.07) is 0. The SMILES string of the molecule is O=S(=O)(O)CCCCO[C@H]1[C@H]2O[C@H]3[C@H](O)[C@@H](O)[C@@H](O[C@H]4[C@H](O)[C@@H](OCCCCS(=O)(=O)O)[C@@H](O[C@H]5[C@H](O)[C@@H](O)[C@@H](O[C@H]6[C@H](O)[C@@H](OCCCCS(=O)(=O)O)[C@@H](O[C@H]7[C@H](O)[C@@H](OCCCCS(=O)(=O)O)[C@@H](O[C@H]8[C@H](O)[C@@H](O)[C@@H](O[C@@H]([C@@H]1O)[C@@H](CO)O2)O[C@@H]8CO)O[C@@H]7CO)O[C@@H]6CO)O[C@@H]5CO)O[C@@H]4CO)O[C@@H]3CO. The molecule has 15 aliphatic heterocycles. The van der Waals surface area contributed by atoms with Crippen molar-refractivity contribution in [3.63, 3.8) is 0 Å². The molecule has 0 aromatic heterocycles. The number of aliphatic hydroxyl groups excluding tert-OH is 17. The summed E-state index contributed by atoms with van der Waals surface area (Å²) < 4.78 is 239. The van der Waals surface area contributed by atoms with Gasteiger partial charge in [0.05, 0.1) is 69.3 Å². The van der Waals surface area contributed by atoms with Crippen LogP contribution in [0.5, 0.6) is 0 Å². The molecule has 15 fully saturated rings. The van der Waals surface area contributed by atoms with E-state index in [1.807, 2.05) is 0 Å². The van der Waals surface area contributed by atoms with Crippen LogP contribution >= 0.6 is 0 Å². The highest BCUT2D eigenvalue weighted by Crippen LogP contribution is 2.41. The molecule has 0 unspecified atom stereocenters. The topological polar surface area (TPSA) is 728 Å². The molecule has 0 radical (unpaired) electrons. The molecule has 15 aliphatic rings. The Bertz CT molecular complexity index is 3110. The van der Waals surface area contributed by atoms with Crippen molar-refractivity contribution in [2.45, 2.75) is 266 Å². The van der Waals surface area contributed by atoms with E-state index >= 15 is 0 Å². The van der Waals surface area contributed by atoms with E-state index in [9.17, 15) is 139 Å². The molecule has 35 atom stereocenters. The molecule has 21 N–H and O–H groups in total. The van der Waals surface area contributed by atoms with Gasteiger partial charge in [0.2, 0.25) is 0 Å². The zero-order chi connectivity index (χ0) is 80.2. The number of rotatable bonds is 31. The van der Waals surface area contributed by atoms with Gasteiger partial charge in [-0.1, -0.05) is 0 Å². The monoisotopic (exact) mass is 1680 g/mol. The van der Waals surface area contributed by atoms with Crippen LogP contribution < -0.4 is 0 Å². The number of hydrogen-bond donors (Lipinski definition) is 21. The molecule has 47 nitrogen and oxygen atoms in total. The van der Waals surface area contributed by atoms with Gasteiger partial charge in [0.1, 0.15) is 171 Å². The summed E-state index contributed by atoms with van der Waals surface area (Å²) in [5, 5.41) is 197. The quantitative estimate of drug-likeness (QED) is 0.0226.